The Balaban J connectivity index is 2.08. The van der Waals surface area contributed by atoms with Crippen molar-refractivity contribution in [2.24, 2.45) is 5.92 Å². The van der Waals surface area contributed by atoms with Gasteiger partial charge in [-0.25, -0.2) is 0 Å². The highest BCUT2D eigenvalue weighted by molar-refractivity contribution is 7.99. The number of hydrogen-bond donors (Lipinski definition) is 1. The molecule has 0 aliphatic rings. The lowest BCUT2D eigenvalue weighted by atomic mass is 9.90. The van der Waals surface area contributed by atoms with E-state index >= 15 is 0 Å². The van der Waals surface area contributed by atoms with Gasteiger partial charge in [-0.3, -0.25) is 4.79 Å². The highest BCUT2D eigenvalue weighted by Crippen LogP contribution is 2.38. The fourth-order valence-electron chi connectivity index (χ4n) is 3.03. The summed E-state index contributed by atoms with van der Waals surface area (Å²) < 4.78 is 5.22. The lowest BCUT2D eigenvalue weighted by Gasteiger charge is -2.35. The summed E-state index contributed by atoms with van der Waals surface area (Å²) in [5, 5.41) is 11.0. The summed E-state index contributed by atoms with van der Waals surface area (Å²) in [6.07, 6.45) is -0.0415. The van der Waals surface area contributed by atoms with Gasteiger partial charge in [0.2, 0.25) is 0 Å². The molecule has 0 unspecified atom stereocenters. The van der Waals surface area contributed by atoms with Gasteiger partial charge in [-0.1, -0.05) is 55.5 Å². The van der Waals surface area contributed by atoms with Crippen molar-refractivity contribution < 1.29 is 14.6 Å². The van der Waals surface area contributed by atoms with Gasteiger partial charge >= 0.3 is 5.97 Å². The van der Waals surface area contributed by atoms with Gasteiger partial charge in [0.25, 0.3) is 0 Å². The minimum absolute atomic E-state index is 0.389. The van der Waals surface area contributed by atoms with Gasteiger partial charge in [0, 0.05) is 10.5 Å². The number of benzene rings is 2. The molecule has 2 aromatic carbocycles. The van der Waals surface area contributed by atoms with Crippen LogP contribution < -0.4 is 4.74 Å². The van der Waals surface area contributed by atoms with Crippen LogP contribution in [0.2, 0.25) is 0 Å². The first-order valence-corrected chi connectivity index (χ1v) is 10.4. The normalized spacial score (nSPS) is 15.6. The molecule has 0 radical (unpaired) electrons. The van der Waals surface area contributed by atoms with Crippen LogP contribution in [0.5, 0.6) is 5.75 Å². The van der Waals surface area contributed by atoms with E-state index in [0.717, 1.165) is 23.3 Å². The number of thioether (sulfide) groups is 1. The molecule has 2 aromatic rings. The van der Waals surface area contributed by atoms with Gasteiger partial charge in [-0.2, -0.15) is 0 Å². The van der Waals surface area contributed by atoms with E-state index in [2.05, 4.69) is 12.1 Å². The molecule has 0 bridgehead atoms. The number of aryl methyl sites for hydroxylation is 2. The zero-order chi connectivity index (χ0) is 20.0. The Labute approximate surface area is 167 Å². The van der Waals surface area contributed by atoms with Crippen molar-refractivity contribution >= 4 is 17.7 Å². The maximum atomic E-state index is 12.7. The van der Waals surface area contributed by atoms with Gasteiger partial charge in [0.1, 0.15) is 5.75 Å². The summed E-state index contributed by atoms with van der Waals surface area (Å²) in [5.74, 6) is 0.384. The Morgan fingerprint density at radius 2 is 1.70 bits per heavy atom. The predicted molar refractivity (Wildman–Crippen MR) is 113 cm³/mol. The van der Waals surface area contributed by atoms with Crippen LogP contribution in [0.1, 0.15) is 43.9 Å². The monoisotopic (exact) mass is 386 g/mol. The lowest BCUT2D eigenvalue weighted by molar-refractivity contribution is -0.142. The van der Waals surface area contributed by atoms with Crippen molar-refractivity contribution in [3.05, 3.63) is 65.2 Å². The molecule has 3 atom stereocenters. The van der Waals surface area contributed by atoms with Crippen LogP contribution in [0.25, 0.3) is 0 Å². The average molecular weight is 387 g/mol. The average Bonchev–Trinajstić information content (AvgIpc) is 2.68. The second-order valence-corrected chi connectivity index (χ2v) is 8.83. The van der Waals surface area contributed by atoms with Gasteiger partial charge in [-0.15, -0.1) is 11.8 Å². The molecule has 0 spiro atoms. The van der Waals surface area contributed by atoms with Crippen molar-refractivity contribution in [3.8, 4) is 5.75 Å². The Hall–Kier alpha value is -1.78. The molecule has 0 aromatic heterocycles. The fourth-order valence-corrected chi connectivity index (χ4v) is 4.30. The third kappa shape index (κ3) is 5.36. The van der Waals surface area contributed by atoms with Crippen molar-refractivity contribution in [1.29, 1.82) is 0 Å². The van der Waals surface area contributed by atoms with Crippen LogP contribution in [0, 0.1) is 19.8 Å². The van der Waals surface area contributed by atoms with Crippen molar-refractivity contribution in [3.63, 3.8) is 0 Å². The number of carbonyl (C=O) groups excluding carboxylic acids is 1. The summed E-state index contributed by atoms with van der Waals surface area (Å²) >= 11 is 1.69. The maximum absolute atomic E-state index is 12.7. The van der Waals surface area contributed by atoms with Crippen LogP contribution in [0.15, 0.2) is 48.5 Å². The molecule has 4 heteroatoms. The van der Waals surface area contributed by atoms with Crippen LogP contribution in [-0.4, -0.2) is 21.9 Å². The molecule has 0 saturated heterocycles. The zero-order valence-electron chi connectivity index (χ0n) is 16.9. The highest BCUT2D eigenvalue weighted by atomic mass is 32.2. The van der Waals surface area contributed by atoms with E-state index in [4.69, 9.17) is 4.74 Å². The predicted octanol–water partition coefficient (Wildman–Crippen LogP) is 5.31. The first-order chi connectivity index (χ1) is 12.8. The number of aliphatic hydroxyl groups excluding tert-OH is 1. The fraction of sp³-hybridized carbons (Fsp3) is 0.435. The molecule has 0 fully saturated rings. The van der Waals surface area contributed by atoms with Crippen LogP contribution >= 0.6 is 11.8 Å². The molecule has 0 aliphatic carbocycles. The van der Waals surface area contributed by atoms with E-state index in [1.165, 1.54) is 5.56 Å². The third-order valence-electron chi connectivity index (χ3n) is 5.20. The molecule has 146 valence electrons. The Morgan fingerprint density at radius 3 is 2.26 bits per heavy atom. The van der Waals surface area contributed by atoms with Crippen molar-refractivity contribution in [2.45, 2.75) is 57.6 Å². The molecular weight excluding hydrogens is 356 g/mol. The summed E-state index contributed by atoms with van der Waals surface area (Å²) in [6, 6.07) is 16.0. The quantitative estimate of drug-likeness (QED) is 0.493. The molecule has 0 heterocycles. The zero-order valence-corrected chi connectivity index (χ0v) is 17.7. The molecule has 1 N–H and O–H groups in total. The number of esters is 1. The van der Waals surface area contributed by atoms with Crippen LogP contribution in [0.4, 0.5) is 0 Å². The molecule has 0 amide bonds. The second-order valence-electron chi connectivity index (χ2n) is 7.32. The molecule has 27 heavy (non-hydrogen) atoms. The van der Waals surface area contributed by atoms with Crippen molar-refractivity contribution in [1.82, 2.24) is 0 Å². The van der Waals surface area contributed by atoms with Gasteiger partial charge in [0.05, 0.1) is 12.0 Å². The van der Waals surface area contributed by atoms with E-state index in [1.54, 1.807) is 18.7 Å². The van der Waals surface area contributed by atoms with E-state index in [9.17, 15) is 9.90 Å². The molecule has 0 aliphatic heterocycles. The van der Waals surface area contributed by atoms with E-state index < -0.39 is 16.8 Å². The highest BCUT2D eigenvalue weighted by Gasteiger charge is 2.39. The van der Waals surface area contributed by atoms with Gasteiger partial charge < -0.3 is 9.84 Å². The molecule has 3 nitrogen and oxygen atoms in total. The van der Waals surface area contributed by atoms with E-state index in [-0.39, 0.29) is 5.97 Å². The van der Waals surface area contributed by atoms with Gasteiger partial charge in [-0.05, 0) is 50.8 Å². The minimum Gasteiger partial charge on any atom is -0.426 e. The van der Waals surface area contributed by atoms with E-state index in [1.807, 2.05) is 64.1 Å². The number of carbonyl (C=O) groups is 1. The summed E-state index contributed by atoms with van der Waals surface area (Å²) in [6.45, 7) is 9.65. The lowest BCUT2D eigenvalue weighted by Crippen LogP contribution is -2.44. The number of ether oxygens (including phenoxy) is 1. The summed E-state index contributed by atoms with van der Waals surface area (Å²) in [4.78, 5) is 12.7. The Bertz CT molecular complexity index is 739. The standard InChI is InChI=1S/C23H30O3S/c1-6-23(5,27-15-19-13-8-7-9-14-19)21(24)18(4)22(25)26-20-16(2)11-10-12-17(20)3/h7-14,18,21,24H,6,15H2,1-5H3/t18-,21+,23-/m1/s1. The SMILES string of the molecule is CC[C@@](C)(SCc1ccccc1)[C@@H](O)[C@@H](C)C(=O)Oc1c(C)cccc1C. The first kappa shape index (κ1) is 21.5. The smallest absolute Gasteiger partial charge is 0.316 e. The maximum Gasteiger partial charge on any atom is 0.316 e. The summed E-state index contributed by atoms with van der Waals surface area (Å²) in [7, 11) is 0. The molecular formula is C23H30O3S. The van der Waals surface area contributed by atoms with Crippen molar-refractivity contribution in [2.75, 3.05) is 0 Å². The van der Waals surface area contributed by atoms with Crippen LogP contribution in [0.3, 0.4) is 0 Å². The topological polar surface area (TPSA) is 46.5 Å². The third-order valence-corrected chi connectivity index (χ3v) is 6.86. The Kier molecular flexibility index (Phi) is 7.51. The largest absolute Gasteiger partial charge is 0.426 e. The minimum atomic E-state index is -0.798. The van der Waals surface area contributed by atoms with Gasteiger partial charge in [0.15, 0.2) is 0 Å². The number of aliphatic hydroxyl groups is 1. The second kappa shape index (κ2) is 9.43. The number of para-hydroxylation sites is 1. The Morgan fingerprint density at radius 1 is 1.11 bits per heavy atom. The first-order valence-electron chi connectivity index (χ1n) is 9.42. The molecule has 2 rings (SSSR count). The molecule has 0 saturated carbocycles. The number of hydrogen-bond acceptors (Lipinski definition) is 4. The number of rotatable bonds is 8. The van der Waals surface area contributed by atoms with Crippen LogP contribution in [-0.2, 0) is 10.5 Å². The van der Waals surface area contributed by atoms with E-state index in [0.29, 0.717) is 5.75 Å². The summed E-state index contributed by atoms with van der Waals surface area (Å²) in [5.41, 5.74) is 3.05.